The quantitative estimate of drug-likeness (QED) is 0.372. The molecule has 4 nitrogen and oxygen atoms in total. The van der Waals surface area contributed by atoms with E-state index in [2.05, 4.69) is 49.6 Å². The predicted molar refractivity (Wildman–Crippen MR) is 133 cm³/mol. The number of rotatable bonds is 4. The molecule has 32 heavy (non-hydrogen) atoms. The molecular formula is C26H27Cl2N3O. The average molecular weight is 468 g/mol. The zero-order chi connectivity index (χ0) is 23.0. The predicted octanol–water partition coefficient (Wildman–Crippen LogP) is 6.36. The first kappa shape index (κ1) is 22.7. The van der Waals surface area contributed by atoms with Crippen molar-refractivity contribution in [2.75, 3.05) is 0 Å². The van der Waals surface area contributed by atoms with Crippen LogP contribution < -0.4 is 5.62 Å². The monoisotopic (exact) mass is 467 g/mol. The topological polar surface area (TPSA) is 42.5 Å². The van der Waals surface area contributed by atoms with Gasteiger partial charge in [-0.2, -0.15) is 0 Å². The highest BCUT2D eigenvalue weighted by Crippen LogP contribution is 2.28. The highest BCUT2D eigenvalue weighted by molar-refractivity contribution is 6.42. The van der Waals surface area contributed by atoms with Gasteiger partial charge in [-0.3, -0.25) is 0 Å². The summed E-state index contributed by atoms with van der Waals surface area (Å²) in [6.45, 7) is 7.24. The van der Waals surface area contributed by atoms with Crippen LogP contribution in [0.1, 0.15) is 37.5 Å². The van der Waals surface area contributed by atoms with Gasteiger partial charge in [-0.25, -0.2) is 4.99 Å². The van der Waals surface area contributed by atoms with Crippen molar-refractivity contribution in [3.63, 3.8) is 0 Å². The maximum Gasteiger partial charge on any atom is 0.211 e. The lowest BCUT2D eigenvalue weighted by molar-refractivity contribution is 0.282. The number of imidazole rings is 1. The maximum absolute atomic E-state index is 9.35. The van der Waals surface area contributed by atoms with Gasteiger partial charge in [0.2, 0.25) is 5.62 Å². The van der Waals surface area contributed by atoms with Gasteiger partial charge in [-0.05, 0) is 46.4 Å². The van der Waals surface area contributed by atoms with Crippen molar-refractivity contribution < 1.29 is 5.11 Å². The standard InChI is InChI=1S/C26H27Cl2N3O/c1-26(2,3)19-9-11-20(12-10-19)29-25-30(4)23-13-21(27)22(28)14-24(23)31(25)15-17-5-7-18(16-32)8-6-17/h5-14,32H,15-16H2,1-4H3/b29-25-. The third-order valence-corrected chi connectivity index (χ3v) is 6.44. The van der Waals surface area contributed by atoms with E-state index < -0.39 is 0 Å². The average Bonchev–Trinajstić information content (AvgIpc) is 2.99. The molecule has 0 saturated heterocycles. The van der Waals surface area contributed by atoms with Gasteiger partial charge in [0, 0.05) is 7.05 Å². The summed E-state index contributed by atoms with van der Waals surface area (Å²) in [5.74, 6) is 0. The summed E-state index contributed by atoms with van der Waals surface area (Å²) in [5.41, 5.74) is 6.93. The van der Waals surface area contributed by atoms with Crippen molar-refractivity contribution in [2.45, 2.75) is 39.3 Å². The number of aliphatic hydroxyl groups is 1. The lowest BCUT2D eigenvalue weighted by Crippen LogP contribution is -2.24. The zero-order valence-corrected chi connectivity index (χ0v) is 20.2. The molecule has 4 aromatic rings. The van der Waals surface area contributed by atoms with Crippen LogP contribution in [0, 0.1) is 0 Å². The second-order valence-electron chi connectivity index (χ2n) is 9.08. The van der Waals surface area contributed by atoms with Gasteiger partial charge in [0.15, 0.2) is 0 Å². The third kappa shape index (κ3) is 4.49. The summed E-state index contributed by atoms with van der Waals surface area (Å²) in [7, 11) is 1.99. The van der Waals surface area contributed by atoms with Gasteiger partial charge in [-0.15, -0.1) is 0 Å². The van der Waals surface area contributed by atoms with E-state index in [1.807, 2.05) is 48.0 Å². The van der Waals surface area contributed by atoms with Crippen molar-refractivity contribution in [2.24, 2.45) is 12.0 Å². The van der Waals surface area contributed by atoms with Crippen LogP contribution in [0.4, 0.5) is 5.69 Å². The fourth-order valence-corrected chi connectivity index (χ4v) is 4.10. The third-order valence-electron chi connectivity index (χ3n) is 5.72. The number of hydrogen-bond acceptors (Lipinski definition) is 2. The highest BCUT2D eigenvalue weighted by Gasteiger charge is 2.15. The van der Waals surface area contributed by atoms with Crippen LogP contribution in [-0.2, 0) is 25.6 Å². The molecule has 3 aromatic carbocycles. The normalized spacial score (nSPS) is 12.7. The summed E-state index contributed by atoms with van der Waals surface area (Å²) in [6, 6.07) is 20.1. The van der Waals surface area contributed by atoms with Crippen molar-refractivity contribution in [3.05, 3.63) is 93.0 Å². The molecule has 0 saturated carbocycles. The number of aryl methyl sites for hydroxylation is 1. The first-order chi connectivity index (χ1) is 15.2. The Morgan fingerprint density at radius 2 is 1.41 bits per heavy atom. The fourth-order valence-electron chi connectivity index (χ4n) is 3.78. The van der Waals surface area contributed by atoms with E-state index in [1.54, 1.807) is 0 Å². The Morgan fingerprint density at radius 3 is 1.97 bits per heavy atom. The van der Waals surface area contributed by atoms with Gasteiger partial charge >= 0.3 is 0 Å². The van der Waals surface area contributed by atoms with E-state index in [1.165, 1.54) is 5.56 Å². The Balaban J connectivity index is 1.89. The number of hydrogen-bond donors (Lipinski definition) is 1. The minimum absolute atomic E-state index is 0.0287. The molecule has 0 fully saturated rings. The van der Waals surface area contributed by atoms with Crippen molar-refractivity contribution in [1.82, 2.24) is 9.13 Å². The Morgan fingerprint density at radius 1 is 0.844 bits per heavy atom. The molecule has 0 bridgehead atoms. The first-order valence-corrected chi connectivity index (χ1v) is 11.3. The minimum Gasteiger partial charge on any atom is -0.392 e. The smallest absolute Gasteiger partial charge is 0.211 e. The summed E-state index contributed by atoms with van der Waals surface area (Å²) in [4.78, 5) is 4.99. The van der Waals surface area contributed by atoms with Crippen molar-refractivity contribution in [1.29, 1.82) is 0 Å². The Labute approximate surface area is 198 Å². The molecule has 1 aromatic heterocycles. The summed E-state index contributed by atoms with van der Waals surface area (Å²) >= 11 is 12.7. The van der Waals surface area contributed by atoms with E-state index in [0.29, 0.717) is 16.6 Å². The number of aromatic nitrogens is 2. The summed E-state index contributed by atoms with van der Waals surface area (Å²) < 4.78 is 4.18. The Kier molecular flexibility index (Phi) is 6.22. The number of halogens is 2. The molecule has 0 amide bonds. The van der Waals surface area contributed by atoms with E-state index in [0.717, 1.165) is 33.5 Å². The fraction of sp³-hybridized carbons (Fsp3) is 0.269. The molecule has 4 rings (SSSR count). The first-order valence-electron chi connectivity index (χ1n) is 10.6. The highest BCUT2D eigenvalue weighted by atomic mass is 35.5. The molecule has 0 aliphatic heterocycles. The van der Waals surface area contributed by atoms with Crippen LogP contribution in [0.5, 0.6) is 0 Å². The van der Waals surface area contributed by atoms with Gasteiger partial charge in [0.1, 0.15) is 0 Å². The number of nitrogens with zero attached hydrogens (tertiary/aromatic N) is 3. The summed E-state index contributed by atoms with van der Waals surface area (Å²) in [5, 5.41) is 10.4. The van der Waals surface area contributed by atoms with E-state index in [4.69, 9.17) is 28.2 Å². The SMILES string of the molecule is Cn1/c(=N/c2ccc(C(C)(C)C)cc2)n(Cc2ccc(CO)cc2)c2cc(Cl)c(Cl)cc21. The van der Waals surface area contributed by atoms with Crippen LogP contribution in [0.3, 0.4) is 0 Å². The molecule has 0 spiro atoms. The van der Waals surface area contributed by atoms with Crippen molar-refractivity contribution >= 4 is 39.9 Å². The lowest BCUT2D eigenvalue weighted by atomic mass is 9.87. The van der Waals surface area contributed by atoms with Crippen LogP contribution >= 0.6 is 23.2 Å². The molecule has 0 aliphatic carbocycles. The number of fused-ring (bicyclic) bond motifs is 1. The number of aliphatic hydroxyl groups excluding tert-OH is 1. The molecular weight excluding hydrogens is 441 g/mol. The second-order valence-corrected chi connectivity index (χ2v) is 9.90. The van der Waals surface area contributed by atoms with Crippen LogP contribution in [0.15, 0.2) is 65.7 Å². The molecule has 1 N–H and O–H groups in total. The Hall–Kier alpha value is -2.53. The van der Waals surface area contributed by atoms with E-state index >= 15 is 0 Å². The maximum atomic E-state index is 9.35. The van der Waals surface area contributed by atoms with E-state index in [9.17, 15) is 5.11 Å². The van der Waals surface area contributed by atoms with Crippen LogP contribution in [0.25, 0.3) is 11.0 Å². The molecule has 166 valence electrons. The van der Waals surface area contributed by atoms with Crippen LogP contribution in [-0.4, -0.2) is 14.2 Å². The number of benzene rings is 3. The molecule has 6 heteroatoms. The van der Waals surface area contributed by atoms with Gasteiger partial charge < -0.3 is 14.2 Å². The Bertz CT molecular complexity index is 1330. The molecule has 0 atom stereocenters. The molecule has 0 aliphatic rings. The van der Waals surface area contributed by atoms with Crippen LogP contribution in [0.2, 0.25) is 10.0 Å². The van der Waals surface area contributed by atoms with Crippen molar-refractivity contribution in [3.8, 4) is 0 Å². The van der Waals surface area contributed by atoms with Gasteiger partial charge in [-0.1, -0.05) is 80.4 Å². The van der Waals surface area contributed by atoms with E-state index in [-0.39, 0.29) is 12.0 Å². The lowest BCUT2D eigenvalue weighted by Gasteiger charge is -2.18. The molecule has 0 radical (unpaired) electrons. The largest absolute Gasteiger partial charge is 0.392 e. The van der Waals surface area contributed by atoms with Gasteiger partial charge in [0.25, 0.3) is 0 Å². The molecule has 0 unspecified atom stereocenters. The zero-order valence-electron chi connectivity index (χ0n) is 18.7. The molecule has 1 heterocycles. The summed E-state index contributed by atoms with van der Waals surface area (Å²) in [6.07, 6.45) is 0. The minimum atomic E-state index is 0.0287. The second kappa shape index (κ2) is 8.78. The van der Waals surface area contributed by atoms with Gasteiger partial charge in [0.05, 0.1) is 39.9 Å².